The third-order valence-electron chi connectivity index (χ3n) is 7.09. The minimum Gasteiger partial charge on any atom is -0.435 e. The van der Waals surface area contributed by atoms with E-state index in [1.807, 2.05) is 67.6 Å². The normalized spacial score (nSPS) is 17.3. The number of ketones is 1. The summed E-state index contributed by atoms with van der Waals surface area (Å²) in [4.78, 5) is 65.6. The molecule has 1 fully saturated rings. The lowest BCUT2D eigenvalue weighted by molar-refractivity contribution is -0.139. The fourth-order valence-corrected chi connectivity index (χ4v) is 4.69. The first-order valence-corrected chi connectivity index (χ1v) is 14.0. The molecule has 0 aliphatic carbocycles. The molecule has 0 bridgehead atoms. The Kier molecular flexibility index (Phi) is 11.0. The van der Waals surface area contributed by atoms with Crippen LogP contribution >= 0.6 is 0 Å². The Balaban J connectivity index is 1.58. The van der Waals surface area contributed by atoms with Crippen molar-refractivity contribution in [2.75, 3.05) is 13.1 Å². The number of carbonyl (C=O) groups is 5. The lowest BCUT2D eigenvalue weighted by atomic mass is 9.90. The maximum absolute atomic E-state index is 13.1. The highest BCUT2D eigenvalue weighted by Gasteiger charge is 2.51. The molecule has 1 saturated heterocycles. The van der Waals surface area contributed by atoms with E-state index in [1.54, 1.807) is 20.8 Å². The Labute approximate surface area is 241 Å². The van der Waals surface area contributed by atoms with Crippen LogP contribution < -0.4 is 16.0 Å². The van der Waals surface area contributed by atoms with Gasteiger partial charge in [-0.1, -0.05) is 94.3 Å². The smallest absolute Gasteiger partial charge is 0.408 e. The van der Waals surface area contributed by atoms with Crippen LogP contribution in [0, 0.1) is 5.41 Å². The van der Waals surface area contributed by atoms with E-state index in [1.165, 1.54) is 0 Å². The zero-order valence-electron chi connectivity index (χ0n) is 24.1. The van der Waals surface area contributed by atoms with Crippen molar-refractivity contribution in [2.45, 2.75) is 71.6 Å². The van der Waals surface area contributed by atoms with Crippen molar-refractivity contribution >= 4 is 29.7 Å². The second-order valence-corrected chi connectivity index (χ2v) is 11.0. The van der Waals surface area contributed by atoms with E-state index in [9.17, 15) is 24.0 Å². The van der Waals surface area contributed by atoms with E-state index in [2.05, 4.69) is 16.0 Å². The van der Waals surface area contributed by atoms with Crippen molar-refractivity contribution in [3.8, 4) is 0 Å². The number of likely N-dealkylation sites (tertiary alicyclic amines) is 1. The van der Waals surface area contributed by atoms with E-state index < -0.39 is 53.3 Å². The van der Waals surface area contributed by atoms with Crippen molar-refractivity contribution in [1.29, 1.82) is 0 Å². The predicted molar refractivity (Wildman–Crippen MR) is 154 cm³/mol. The summed E-state index contributed by atoms with van der Waals surface area (Å²) in [5.74, 6) is -2.26. The average molecular weight is 565 g/mol. The summed E-state index contributed by atoms with van der Waals surface area (Å²) in [5.41, 5.74) is 1.02. The molecule has 10 nitrogen and oxygen atoms in total. The van der Waals surface area contributed by atoms with E-state index in [0.717, 1.165) is 22.4 Å². The van der Waals surface area contributed by atoms with Gasteiger partial charge in [0, 0.05) is 18.5 Å². The number of carbonyl (C=O) groups excluding carboxylic acids is 5. The van der Waals surface area contributed by atoms with Crippen LogP contribution in [-0.2, 0) is 25.5 Å². The lowest BCUT2D eigenvalue weighted by Gasteiger charge is -2.25. The fraction of sp³-hybridized carbons (Fsp3) is 0.452. The largest absolute Gasteiger partial charge is 0.435 e. The van der Waals surface area contributed by atoms with Crippen molar-refractivity contribution in [2.24, 2.45) is 5.41 Å². The molecule has 2 aromatic rings. The van der Waals surface area contributed by atoms with Gasteiger partial charge in [-0.15, -0.1) is 0 Å². The molecule has 0 radical (unpaired) electrons. The number of Topliss-reactive ketones (excluding diaryl/α,β-unsaturated/α-hetero) is 1. The van der Waals surface area contributed by atoms with Gasteiger partial charge in [-0.25, -0.2) is 9.59 Å². The number of rotatable bonds is 12. The summed E-state index contributed by atoms with van der Waals surface area (Å²) in [6, 6.07) is 16.7. The van der Waals surface area contributed by atoms with Gasteiger partial charge in [-0.2, -0.15) is 0 Å². The molecule has 41 heavy (non-hydrogen) atoms. The van der Waals surface area contributed by atoms with Gasteiger partial charge in [0.2, 0.25) is 5.78 Å². The zero-order chi connectivity index (χ0) is 30.0. The number of ether oxygens (including phenoxy) is 1. The molecule has 3 N–H and O–H groups in total. The Hall–Kier alpha value is -4.21. The number of imide groups is 1. The van der Waals surface area contributed by atoms with Gasteiger partial charge in [0.05, 0.1) is 6.04 Å². The highest BCUT2D eigenvalue weighted by Crippen LogP contribution is 2.33. The fourth-order valence-electron chi connectivity index (χ4n) is 4.69. The van der Waals surface area contributed by atoms with Crippen LogP contribution in [0.15, 0.2) is 60.7 Å². The van der Waals surface area contributed by atoms with E-state index in [4.69, 9.17) is 4.74 Å². The zero-order valence-corrected chi connectivity index (χ0v) is 24.1. The van der Waals surface area contributed by atoms with Gasteiger partial charge in [0.1, 0.15) is 6.04 Å². The molecular formula is C31H40N4O6. The van der Waals surface area contributed by atoms with E-state index in [0.29, 0.717) is 19.4 Å². The highest BCUT2D eigenvalue weighted by atomic mass is 16.6. The molecule has 0 aromatic heterocycles. The number of hydrogen-bond donors (Lipinski definition) is 3. The maximum Gasteiger partial charge on any atom is 0.408 e. The van der Waals surface area contributed by atoms with Gasteiger partial charge in [-0.05, 0) is 30.9 Å². The van der Waals surface area contributed by atoms with Crippen LogP contribution in [0.5, 0.6) is 0 Å². The van der Waals surface area contributed by atoms with Gasteiger partial charge < -0.3 is 20.7 Å². The first-order chi connectivity index (χ1) is 19.5. The predicted octanol–water partition coefficient (Wildman–Crippen LogP) is 3.91. The van der Waals surface area contributed by atoms with Crippen LogP contribution in [0.1, 0.15) is 64.1 Å². The van der Waals surface area contributed by atoms with Crippen LogP contribution in [-0.4, -0.2) is 59.9 Å². The molecule has 0 saturated carbocycles. The minimum absolute atomic E-state index is 0.0545. The molecule has 3 atom stereocenters. The molecule has 10 heteroatoms. The standard InChI is InChI=1S/C31H40N4O6/c1-5-6-17-24(25(36)27(37)33-21(2)23-15-11-8-12-16-23)34-30(40)41-26-28(38)35(20-31(26,3)4)29(39)32-19-18-22-13-9-7-10-14-22/h7-16,21,24,26H,5-6,17-20H2,1-4H3,(H,32,39)(H,33,37)(H,34,40)/t21-,24+,26-/m1/s1. The Bertz CT molecular complexity index is 1220. The quantitative estimate of drug-likeness (QED) is 0.335. The molecule has 3 rings (SSSR count). The number of amides is 5. The topological polar surface area (TPSA) is 134 Å². The van der Waals surface area contributed by atoms with Crippen molar-refractivity contribution in [3.05, 3.63) is 71.8 Å². The van der Waals surface area contributed by atoms with Crippen molar-refractivity contribution in [3.63, 3.8) is 0 Å². The van der Waals surface area contributed by atoms with E-state index in [-0.39, 0.29) is 13.0 Å². The summed E-state index contributed by atoms with van der Waals surface area (Å²) >= 11 is 0. The molecule has 220 valence electrons. The third kappa shape index (κ3) is 8.64. The first kappa shape index (κ1) is 31.3. The number of urea groups is 1. The summed E-state index contributed by atoms with van der Waals surface area (Å²) in [6.45, 7) is 7.53. The second-order valence-electron chi connectivity index (χ2n) is 11.0. The third-order valence-corrected chi connectivity index (χ3v) is 7.09. The van der Waals surface area contributed by atoms with E-state index >= 15 is 0 Å². The molecule has 2 aromatic carbocycles. The summed E-state index contributed by atoms with van der Waals surface area (Å²) in [5, 5.41) is 7.91. The van der Waals surface area contributed by atoms with Crippen LogP contribution in [0.4, 0.5) is 9.59 Å². The molecule has 1 aliphatic heterocycles. The number of benzene rings is 2. The summed E-state index contributed by atoms with van der Waals surface area (Å²) in [7, 11) is 0. The average Bonchev–Trinajstić information content (AvgIpc) is 3.19. The van der Waals surface area contributed by atoms with Crippen LogP contribution in [0.25, 0.3) is 0 Å². The number of nitrogens with one attached hydrogen (secondary N) is 3. The number of unbranched alkanes of at least 4 members (excludes halogenated alkanes) is 1. The second kappa shape index (κ2) is 14.4. The summed E-state index contributed by atoms with van der Waals surface area (Å²) < 4.78 is 5.48. The molecule has 1 heterocycles. The molecule has 5 amide bonds. The number of alkyl carbamates (subject to hydrolysis) is 1. The van der Waals surface area contributed by atoms with Crippen LogP contribution in [0.2, 0.25) is 0 Å². The molecule has 1 aliphatic rings. The van der Waals surface area contributed by atoms with Crippen molar-refractivity contribution < 1.29 is 28.7 Å². The Morgan fingerprint density at radius 1 is 1.00 bits per heavy atom. The Morgan fingerprint density at radius 3 is 2.27 bits per heavy atom. The molecule has 0 unspecified atom stereocenters. The molecular weight excluding hydrogens is 524 g/mol. The lowest BCUT2D eigenvalue weighted by Crippen LogP contribution is -2.50. The maximum atomic E-state index is 13.1. The van der Waals surface area contributed by atoms with Gasteiger partial charge in [0.25, 0.3) is 11.8 Å². The molecule has 0 spiro atoms. The first-order valence-electron chi connectivity index (χ1n) is 14.0. The number of hydrogen-bond acceptors (Lipinski definition) is 6. The number of nitrogens with zero attached hydrogens (tertiary/aromatic N) is 1. The van der Waals surface area contributed by atoms with Gasteiger partial charge in [0.15, 0.2) is 6.10 Å². The Morgan fingerprint density at radius 2 is 1.63 bits per heavy atom. The monoisotopic (exact) mass is 564 g/mol. The SMILES string of the molecule is CCCC[C@H](NC(=O)O[C@@H]1C(=O)N(C(=O)NCCc2ccccc2)CC1(C)C)C(=O)C(=O)N[C@H](C)c1ccccc1. The van der Waals surface area contributed by atoms with Crippen LogP contribution in [0.3, 0.4) is 0 Å². The van der Waals surface area contributed by atoms with Gasteiger partial charge >= 0.3 is 12.1 Å². The minimum atomic E-state index is -1.24. The van der Waals surface area contributed by atoms with Crippen molar-refractivity contribution in [1.82, 2.24) is 20.9 Å². The highest BCUT2D eigenvalue weighted by molar-refractivity contribution is 6.38. The summed E-state index contributed by atoms with van der Waals surface area (Å²) in [6.07, 6.45) is -0.0771. The van der Waals surface area contributed by atoms with Gasteiger partial charge in [-0.3, -0.25) is 19.3 Å².